The number of hydrazine groups is 1. The number of fused-ring (bicyclic) bond motifs is 1. The fraction of sp³-hybridized carbons (Fsp3) is 0.643. The van der Waals surface area contributed by atoms with Crippen molar-refractivity contribution in [2.24, 2.45) is 0 Å². The van der Waals surface area contributed by atoms with Crippen LogP contribution in [0.1, 0.15) is 45.8 Å². The van der Waals surface area contributed by atoms with E-state index in [1.807, 2.05) is 39.8 Å². The van der Waals surface area contributed by atoms with Crippen LogP contribution in [0.3, 0.4) is 0 Å². The monoisotopic (exact) mass is 292 g/mol. The van der Waals surface area contributed by atoms with Crippen molar-refractivity contribution >= 4 is 0 Å². The summed E-state index contributed by atoms with van der Waals surface area (Å²) < 4.78 is 0. The summed E-state index contributed by atoms with van der Waals surface area (Å²) in [5, 5.41) is 14.2. The highest BCUT2D eigenvalue weighted by Gasteiger charge is 2.66. The summed E-state index contributed by atoms with van der Waals surface area (Å²) in [5.41, 5.74) is -0.340. The van der Waals surface area contributed by atoms with E-state index in [9.17, 15) is 10.1 Å². The normalized spacial score (nSPS) is 30.4. The SMILES string of the molecule is CC1(C)C2CC(c3ccncc3)ON2C(C)(C)N1[N+](=O)[O-]. The Morgan fingerprint density at radius 2 is 1.95 bits per heavy atom. The number of hydrogen-bond donors (Lipinski definition) is 0. The minimum atomic E-state index is -0.792. The highest BCUT2D eigenvalue weighted by atomic mass is 16.7. The van der Waals surface area contributed by atoms with Crippen molar-refractivity contribution in [1.29, 1.82) is 0 Å². The molecule has 0 amide bonds. The van der Waals surface area contributed by atoms with Crippen LogP contribution in [0.15, 0.2) is 24.5 Å². The predicted molar refractivity (Wildman–Crippen MR) is 75.3 cm³/mol. The Morgan fingerprint density at radius 3 is 2.48 bits per heavy atom. The van der Waals surface area contributed by atoms with Gasteiger partial charge in [-0.25, -0.2) is 10.1 Å². The first-order chi connectivity index (χ1) is 9.76. The first kappa shape index (κ1) is 14.2. The van der Waals surface area contributed by atoms with Gasteiger partial charge in [-0.1, -0.05) is 5.01 Å². The van der Waals surface area contributed by atoms with E-state index in [2.05, 4.69) is 4.98 Å². The van der Waals surface area contributed by atoms with Crippen LogP contribution in [-0.2, 0) is 4.84 Å². The van der Waals surface area contributed by atoms with E-state index in [4.69, 9.17) is 4.84 Å². The predicted octanol–water partition coefficient (Wildman–Crippen LogP) is 2.15. The second-order valence-corrected chi connectivity index (χ2v) is 6.65. The minimum absolute atomic E-state index is 0.0314. The summed E-state index contributed by atoms with van der Waals surface area (Å²) in [7, 11) is 0. The van der Waals surface area contributed by atoms with Crippen LogP contribution in [-0.4, -0.2) is 37.3 Å². The molecule has 2 atom stereocenters. The van der Waals surface area contributed by atoms with Gasteiger partial charge in [-0.05, 0) is 45.4 Å². The maximum Gasteiger partial charge on any atom is 0.170 e. The molecule has 21 heavy (non-hydrogen) atoms. The van der Waals surface area contributed by atoms with E-state index in [0.717, 1.165) is 12.0 Å². The van der Waals surface area contributed by atoms with Crippen LogP contribution in [0.5, 0.6) is 0 Å². The third kappa shape index (κ3) is 1.91. The molecule has 0 aromatic carbocycles. The lowest BCUT2D eigenvalue weighted by atomic mass is 9.90. The molecular formula is C14H20N4O3. The van der Waals surface area contributed by atoms with E-state index in [1.165, 1.54) is 5.01 Å². The number of nitrogens with zero attached hydrogens (tertiary/aromatic N) is 4. The average Bonchev–Trinajstić information content (AvgIpc) is 2.89. The van der Waals surface area contributed by atoms with Crippen LogP contribution < -0.4 is 0 Å². The molecule has 0 radical (unpaired) electrons. The second-order valence-electron chi connectivity index (χ2n) is 6.65. The summed E-state index contributed by atoms with van der Waals surface area (Å²) in [6.07, 6.45) is 4.12. The molecule has 0 aliphatic carbocycles. The molecule has 0 saturated carbocycles. The quantitative estimate of drug-likeness (QED) is 0.614. The van der Waals surface area contributed by atoms with Gasteiger partial charge in [-0.3, -0.25) is 9.82 Å². The van der Waals surface area contributed by atoms with E-state index >= 15 is 0 Å². The van der Waals surface area contributed by atoms with Gasteiger partial charge in [0.2, 0.25) is 0 Å². The Hall–Kier alpha value is -1.73. The Labute approximate surface area is 123 Å². The van der Waals surface area contributed by atoms with Crippen molar-refractivity contribution in [1.82, 2.24) is 15.1 Å². The van der Waals surface area contributed by atoms with Crippen LogP contribution in [0, 0.1) is 10.1 Å². The third-order valence-electron chi connectivity index (χ3n) is 4.62. The molecule has 3 heterocycles. The maximum absolute atomic E-state index is 11.5. The van der Waals surface area contributed by atoms with Crippen molar-refractivity contribution < 1.29 is 9.87 Å². The van der Waals surface area contributed by atoms with Crippen molar-refractivity contribution in [2.75, 3.05) is 0 Å². The van der Waals surface area contributed by atoms with Gasteiger partial charge in [0.15, 0.2) is 10.7 Å². The molecule has 2 unspecified atom stereocenters. The second kappa shape index (κ2) is 4.38. The molecule has 0 N–H and O–H groups in total. The van der Waals surface area contributed by atoms with Gasteiger partial charge in [-0.2, -0.15) is 5.06 Å². The Bertz CT molecular complexity index is 537. The van der Waals surface area contributed by atoms with Crippen LogP contribution in [0.25, 0.3) is 0 Å². The van der Waals surface area contributed by atoms with E-state index in [0.29, 0.717) is 0 Å². The molecule has 0 spiro atoms. The smallest absolute Gasteiger partial charge is 0.170 e. The number of pyridine rings is 1. The summed E-state index contributed by atoms with van der Waals surface area (Å²) >= 11 is 0. The molecule has 0 bridgehead atoms. The third-order valence-corrected chi connectivity index (χ3v) is 4.62. The van der Waals surface area contributed by atoms with Crippen molar-refractivity contribution in [3.05, 3.63) is 40.2 Å². The lowest BCUT2D eigenvalue weighted by Crippen LogP contribution is -2.55. The maximum atomic E-state index is 11.5. The summed E-state index contributed by atoms with van der Waals surface area (Å²) in [5.74, 6) is 0. The van der Waals surface area contributed by atoms with Gasteiger partial charge in [-0.15, -0.1) is 0 Å². The number of nitro groups is 1. The van der Waals surface area contributed by atoms with Crippen LogP contribution in [0.4, 0.5) is 0 Å². The summed E-state index contributed by atoms with van der Waals surface area (Å²) in [4.78, 5) is 21.5. The number of hydrogen-bond acceptors (Lipinski definition) is 5. The summed E-state index contributed by atoms with van der Waals surface area (Å²) in [6, 6.07) is 3.83. The largest absolute Gasteiger partial charge is 0.288 e. The van der Waals surface area contributed by atoms with Gasteiger partial charge < -0.3 is 0 Å². The Balaban J connectivity index is 1.93. The number of aromatic nitrogens is 1. The molecule has 2 saturated heterocycles. The lowest BCUT2D eigenvalue weighted by molar-refractivity contribution is -0.690. The highest BCUT2D eigenvalue weighted by molar-refractivity contribution is 5.17. The van der Waals surface area contributed by atoms with Crippen molar-refractivity contribution in [3.8, 4) is 0 Å². The molecule has 3 rings (SSSR count). The molecule has 7 heteroatoms. The molecule has 114 valence electrons. The van der Waals surface area contributed by atoms with Gasteiger partial charge >= 0.3 is 0 Å². The van der Waals surface area contributed by atoms with Crippen molar-refractivity contribution in [2.45, 2.75) is 57.5 Å². The minimum Gasteiger partial charge on any atom is -0.288 e. The van der Waals surface area contributed by atoms with Crippen LogP contribution in [0.2, 0.25) is 0 Å². The first-order valence-corrected chi connectivity index (χ1v) is 7.07. The zero-order chi connectivity index (χ0) is 15.4. The molecule has 1 aromatic rings. The Morgan fingerprint density at radius 1 is 1.33 bits per heavy atom. The van der Waals surface area contributed by atoms with E-state index < -0.39 is 11.2 Å². The van der Waals surface area contributed by atoms with Gasteiger partial charge in [0.05, 0.1) is 6.04 Å². The summed E-state index contributed by atoms with van der Waals surface area (Å²) in [6.45, 7) is 7.46. The Kier molecular flexibility index (Phi) is 2.97. The molecule has 1 aromatic heterocycles. The fourth-order valence-electron chi connectivity index (χ4n) is 3.76. The highest BCUT2D eigenvalue weighted by Crippen LogP contribution is 2.50. The lowest BCUT2D eigenvalue weighted by Gasteiger charge is -2.34. The topological polar surface area (TPSA) is 71.7 Å². The van der Waals surface area contributed by atoms with Gasteiger partial charge in [0, 0.05) is 18.8 Å². The number of rotatable bonds is 2. The standard InChI is InChI=1S/C14H20N4O3/c1-13(2)12-9-11(10-5-7-15-8-6-10)21-16(12)14(3,4)17(13)18(19)20/h5-8,11-12H,9H2,1-4H3. The van der Waals surface area contributed by atoms with E-state index in [1.54, 1.807) is 17.5 Å². The van der Waals surface area contributed by atoms with Crippen molar-refractivity contribution in [3.63, 3.8) is 0 Å². The zero-order valence-electron chi connectivity index (χ0n) is 12.7. The first-order valence-electron chi connectivity index (χ1n) is 7.07. The molecule has 2 aliphatic rings. The fourth-order valence-corrected chi connectivity index (χ4v) is 3.76. The molecule has 2 aliphatic heterocycles. The molecule has 7 nitrogen and oxygen atoms in total. The van der Waals surface area contributed by atoms with E-state index in [-0.39, 0.29) is 17.2 Å². The van der Waals surface area contributed by atoms with Gasteiger partial charge in [0.1, 0.15) is 11.6 Å². The van der Waals surface area contributed by atoms with Gasteiger partial charge in [0.25, 0.3) is 0 Å². The molecular weight excluding hydrogens is 272 g/mol. The number of hydroxylamine groups is 2. The molecule has 2 fully saturated rings. The average molecular weight is 292 g/mol. The zero-order valence-corrected chi connectivity index (χ0v) is 12.7. The van der Waals surface area contributed by atoms with Crippen LogP contribution >= 0.6 is 0 Å².